The lowest BCUT2D eigenvalue weighted by atomic mass is 9.97. The highest BCUT2D eigenvalue weighted by atomic mass is 14.9. The zero-order valence-corrected chi connectivity index (χ0v) is 9.88. The molecular formula is C12H21N3. The van der Waals surface area contributed by atoms with E-state index >= 15 is 0 Å². The molecule has 0 saturated carbocycles. The van der Waals surface area contributed by atoms with Crippen molar-refractivity contribution in [2.45, 2.75) is 27.2 Å². The molecule has 0 aliphatic rings. The lowest BCUT2D eigenvalue weighted by Crippen LogP contribution is -2.28. The first-order valence-corrected chi connectivity index (χ1v) is 5.38. The molecule has 0 saturated heterocycles. The number of hydrogen-bond donors (Lipinski definition) is 2. The van der Waals surface area contributed by atoms with Gasteiger partial charge in [-0.3, -0.25) is 4.98 Å². The fraction of sp³-hybridized carbons (Fsp3) is 0.583. The second kappa shape index (κ2) is 5.12. The van der Waals surface area contributed by atoms with Crippen LogP contribution in [-0.2, 0) is 6.42 Å². The second-order valence-corrected chi connectivity index (χ2v) is 5.07. The van der Waals surface area contributed by atoms with Gasteiger partial charge in [-0.05, 0) is 17.5 Å². The Labute approximate surface area is 92.1 Å². The normalized spacial score (nSPS) is 11.7. The van der Waals surface area contributed by atoms with Gasteiger partial charge in [-0.25, -0.2) is 0 Å². The summed E-state index contributed by atoms with van der Waals surface area (Å²) in [4.78, 5) is 4.25. The van der Waals surface area contributed by atoms with Gasteiger partial charge in [-0.15, -0.1) is 0 Å². The fourth-order valence-corrected chi connectivity index (χ4v) is 1.26. The number of nitrogens with one attached hydrogen (secondary N) is 1. The van der Waals surface area contributed by atoms with Crippen molar-refractivity contribution in [1.82, 2.24) is 10.3 Å². The molecule has 0 atom stereocenters. The molecule has 0 aliphatic heterocycles. The number of pyridine rings is 1. The Morgan fingerprint density at radius 3 is 2.60 bits per heavy atom. The van der Waals surface area contributed by atoms with Crippen LogP contribution in [0.2, 0.25) is 0 Å². The third kappa shape index (κ3) is 5.37. The maximum absolute atomic E-state index is 5.56. The molecule has 84 valence electrons. The van der Waals surface area contributed by atoms with Gasteiger partial charge in [0.25, 0.3) is 0 Å². The van der Waals surface area contributed by atoms with Crippen LogP contribution in [0, 0.1) is 5.41 Å². The van der Waals surface area contributed by atoms with Crippen molar-refractivity contribution >= 4 is 5.69 Å². The highest BCUT2D eigenvalue weighted by Gasteiger charge is 2.08. The summed E-state index contributed by atoms with van der Waals surface area (Å²) in [6.07, 6.45) is 2.66. The Balaban J connectivity index is 2.23. The first-order chi connectivity index (χ1) is 6.97. The van der Waals surface area contributed by atoms with Crippen molar-refractivity contribution in [1.29, 1.82) is 0 Å². The number of nitrogen functional groups attached to an aromatic ring is 1. The zero-order valence-electron chi connectivity index (χ0n) is 9.88. The number of nitrogens with zero attached hydrogens (tertiary/aromatic N) is 1. The molecule has 3 heteroatoms. The average molecular weight is 207 g/mol. The van der Waals surface area contributed by atoms with Crippen LogP contribution in [0.3, 0.4) is 0 Å². The van der Waals surface area contributed by atoms with Crippen molar-refractivity contribution in [3.63, 3.8) is 0 Å². The van der Waals surface area contributed by atoms with Gasteiger partial charge in [0.15, 0.2) is 0 Å². The van der Waals surface area contributed by atoms with Crippen LogP contribution in [-0.4, -0.2) is 18.1 Å². The summed E-state index contributed by atoms with van der Waals surface area (Å²) in [5.41, 5.74) is 7.71. The van der Waals surface area contributed by atoms with Crippen LogP contribution in [0.15, 0.2) is 18.3 Å². The van der Waals surface area contributed by atoms with Crippen molar-refractivity contribution in [2.24, 2.45) is 5.41 Å². The van der Waals surface area contributed by atoms with E-state index in [0.29, 0.717) is 5.41 Å². The van der Waals surface area contributed by atoms with Gasteiger partial charge in [0.1, 0.15) is 0 Å². The molecule has 0 amide bonds. The Hall–Kier alpha value is -1.09. The molecule has 0 bridgehead atoms. The van der Waals surface area contributed by atoms with Crippen molar-refractivity contribution < 1.29 is 0 Å². The van der Waals surface area contributed by atoms with Crippen molar-refractivity contribution in [3.05, 3.63) is 24.0 Å². The van der Waals surface area contributed by atoms with Crippen LogP contribution in [0.25, 0.3) is 0 Å². The summed E-state index contributed by atoms with van der Waals surface area (Å²) in [5.74, 6) is 0. The molecule has 0 unspecified atom stereocenters. The maximum Gasteiger partial charge on any atom is 0.0501 e. The van der Waals surface area contributed by atoms with Crippen LogP contribution < -0.4 is 11.1 Å². The van der Waals surface area contributed by atoms with Gasteiger partial charge in [0.2, 0.25) is 0 Å². The van der Waals surface area contributed by atoms with Crippen LogP contribution >= 0.6 is 0 Å². The summed E-state index contributed by atoms with van der Waals surface area (Å²) < 4.78 is 0. The number of rotatable bonds is 4. The van der Waals surface area contributed by atoms with Gasteiger partial charge in [0.05, 0.1) is 11.9 Å². The van der Waals surface area contributed by atoms with E-state index < -0.39 is 0 Å². The quantitative estimate of drug-likeness (QED) is 0.741. The van der Waals surface area contributed by atoms with Gasteiger partial charge < -0.3 is 11.1 Å². The smallest absolute Gasteiger partial charge is 0.0501 e. The monoisotopic (exact) mass is 207 g/mol. The number of hydrogen-bond acceptors (Lipinski definition) is 3. The molecule has 0 spiro atoms. The van der Waals surface area contributed by atoms with Gasteiger partial charge in [-0.1, -0.05) is 20.8 Å². The molecule has 0 fully saturated rings. The van der Waals surface area contributed by atoms with Gasteiger partial charge in [0, 0.05) is 25.2 Å². The summed E-state index contributed by atoms with van der Waals surface area (Å²) in [7, 11) is 0. The third-order valence-electron chi connectivity index (χ3n) is 2.06. The molecule has 1 rings (SSSR count). The minimum atomic E-state index is 0.342. The molecule has 0 aromatic carbocycles. The van der Waals surface area contributed by atoms with E-state index in [0.717, 1.165) is 30.9 Å². The largest absolute Gasteiger partial charge is 0.397 e. The van der Waals surface area contributed by atoms with E-state index in [1.54, 1.807) is 6.20 Å². The van der Waals surface area contributed by atoms with Crippen LogP contribution in [0.1, 0.15) is 26.5 Å². The molecule has 1 heterocycles. The van der Waals surface area contributed by atoms with Crippen molar-refractivity contribution in [3.8, 4) is 0 Å². The highest BCUT2D eigenvalue weighted by molar-refractivity contribution is 5.34. The first-order valence-electron chi connectivity index (χ1n) is 5.38. The van der Waals surface area contributed by atoms with Crippen LogP contribution in [0.4, 0.5) is 5.69 Å². The van der Waals surface area contributed by atoms with E-state index in [1.165, 1.54) is 0 Å². The van der Waals surface area contributed by atoms with E-state index in [9.17, 15) is 0 Å². The average Bonchev–Trinajstić information content (AvgIpc) is 2.14. The van der Waals surface area contributed by atoms with Gasteiger partial charge >= 0.3 is 0 Å². The topological polar surface area (TPSA) is 50.9 Å². The lowest BCUT2D eigenvalue weighted by Gasteiger charge is -2.18. The Kier molecular flexibility index (Phi) is 4.09. The highest BCUT2D eigenvalue weighted by Crippen LogP contribution is 2.10. The standard InChI is InChI=1S/C12H21N3/c1-12(2,3)9-14-7-6-11-5-4-10(13)8-15-11/h4-5,8,14H,6-7,9,13H2,1-3H3. The lowest BCUT2D eigenvalue weighted by molar-refractivity contribution is 0.381. The molecular weight excluding hydrogens is 186 g/mol. The van der Waals surface area contributed by atoms with Gasteiger partial charge in [-0.2, -0.15) is 0 Å². The van der Waals surface area contributed by atoms with E-state index in [2.05, 4.69) is 31.1 Å². The SMILES string of the molecule is CC(C)(C)CNCCc1ccc(N)cn1. The molecule has 3 nitrogen and oxygen atoms in total. The fourth-order valence-electron chi connectivity index (χ4n) is 1.26. The predicted molar refractivity (Wildman–Crippen MR) is 64.7 cm³/mol. The number of anilines is 1. The second-order valence-electron chi connectivity index (χ2n) is 5.07. The number of aromatic nitrogens is 1. The van der Waals surface area contributed by atoms with E-state index in [1.807, 2.05) is 12.1 Å². The zero-order chi connectivity index (χ0) is 11.3. The molecule has 3 N–H and O–H groups in total. The third-order valence-corrected chi connectivity index (χ3v) is 2.06. The Morgan fingerprint density at radius 2 is 2.07 bits per heavy atom. The predicted octanol–water partition coefficient (Wildman–Crippen LogP) is 1.84. The summed E-state index contributed by atoms with van der Waals surface area (Å²) in [6, 6.07) is 3.88. The Bertz CT molecular complexity index is 285. The molecule has 0 radical (unpaired) electrons. The molecule has 0 aliphatic carbocycles. The first kappa shape index (κ1) is 12.0. The molecule has 15 heavy (non-hydrogen) atoms. The molecule has 1 aromatic rings. The summed E-state index contributed by atoms with van der Waals surface area (Å²) in [5, 5.41) is 3.42. The van der Waals surface area contributed by atoms with Crippen LogP contribution in [0.5, 0.6) is 0 Å². The number of nitrogens with two attached hydrogens (primary N) is 1. The minimum Gasteiger partial charge on any atom is -0.397 e. The van der Waals surface area contributed by atoms with E-state index in [4.69, 9.17) is 5.73 Å². The summed E-state index contributed by atoms with van der Waals surface area (Å²) in [6.45, 7) is 8.67. The van der Waals surface area contributed by atoms with Crippen molar-refractivity contribution in [2.75, 3.05) is 18.8 Å². The Morgan fingerprint density at radius 1 is 1.33 bits per heavy atom. The molecule has 1 aromatic heterocycles. The van der Waals surface area contributed by atoms with E-state index in [-0.39, 0.29) is 0 Å². The maximum atomic E-state index is 5.56. The minimum absolute atomic E-state index is 0.342. The summed E-state index contributed by atoms with van der Waals surface area (Å²) >= 11 is 0.